The van der Waals surface area contributed by atoms with Crippen molar-refractivity contribution in [2.75, 3.05) is 13.2 Å². The molecule has 3 aromatic rings. The Hall–Kier alpha value is -3.56. The number of alkyl halides is 3. The number of aromatic nitrogens is 3. The normalized spacial score (nSPS) is 11.2. The number of amides is 1. The van der Waals surface area contributed by atoms with Crippen LogP contribution in [0.15, 0.2) is 54.9 Å². The third-order valence-corrected chi connectivity index (χ3v) is 4.00. The fraction of sp³-hybridized carbons (Fsp3) is 0.250. The Morgan fingerprint density at radius 3 is 2.43 bits per heavy atom. The number of benzene rings is 2. The highest BCUT2D eigenvalue weighted by atomic mass is 19.4. The highest BCUT2D eigenvalue weighted by Crippen LogP contribution is 2.24. The van der Waals surface area contributed by atoms with Gasteiger partial charge < -0.3 is 14.8 Å². The van der Waals surface area contributed by atoms with Gasteiger partial charge >= 0.3 is 12.5 Å². The van der Waals surface area contributed by atoms with E-state index in [-0.39, 0.29) is 5.75 Å². The van der Waals surface area contributed by atoms with Crippen LogP contribution in [0.4, 0.5) is 18.0 Å². The summed E-state index contributed by atoms with van der Waals surface area (Å²) in [6.07, 6.45) is -3.05. The zero-order valence-electron chi connectivity index (χ0n) is 16.0. The molecule has 0 unspecified atom stereocenters. The van der Waals surface area contributed by atoms with E-state index in [4.69, 9.17) is 4.74 Å². The molecule has 1 heterocycles. The molecule has 158 valence electrons. The monoisotopic (exact) mass is 420 g/mol. The summed E-state index contributed by atoms with van der Waals surface area (Å²) >= 11 is 0. The maximum absolute atomic E-state index is 12.2. The summed E-state index contributed by atoms with van der Waals surface area (Å²) in [4.78, 5) is 15.5. The molecule has 0 aliphatic rings. The molecule has 2 aromatic carbocycles. The molecular weight excluding hydrogens is 401 g/mol. The van der Waals surface area contributed by atoms with Crippen molar-refractivity contribution in [3.63, 3.8) is 0 Å². The van der Waals surface area contributed by atoms with Gasteiger partial charge in [0.15, 0.2) is 5.82 Å². The lowest BCUT2D eigenvalue weighted by Gasteiger charge is -2.09. The Bertz CT molecular complexity index is 970. The summed E-state index contributed by atoms with van der Waals surface area (Å²) in [5.41, 5.74) is 2.35. The van der Waals surface area contributed by atoms with E-state index >= 15 is 0 Å². The Morgan fingerprint density at radius 1 is 1.10 bits per heavy atom. The number of rotatable bonds is 7. The third kappa shape index (κ3) is 5.97. The van der Waals surface area contributed by atoms with Crippen molar-refractivity contribution in [1.29, 1.82) is 0 Å². The highest BCUT2D eigenvalue weighted by molar-refractivity contribution is 5.67. The van der Waals surface area contributed by atoms with Crippen molar-refractivity contribution in [2.24, 2.45) is 0 Å². The highest BCUT2D eigenvalue weighted by Gasteiger charge is 2.31. The molecule has 0 aliphatic heterocycles. The maximum Gasteiger partial charge on any atom is 0.573 e. The molecular formula is C20H19F3N4O3. The zero-order chi connectivity index (χ0) is 21.6. The molecule has 0 fully saturated rings. The summed E-state index contributed by atoms with van der Waals surface area (Å²) in [5, 5.41) is 7.02. The summed E-state index contributed by atoms with van der Waals surface area (Å²) in [5.74, 6) is 0.168. The van der Waals surface area contributed by atoms with Gasteiger partial charge in [0.2, 0.25) is 0 Å². The number of ether oxygens (including phenoxy) is 2. The molecule has 7 nitrogen and oxygen atoms in total. The van der Waals surface area contributed by atoms with E-state index in [0.29, 0.717) is 31.1 Å². The quantitative estimate of drug-likeness (QED) is 0.622. The van der Waals surface area contributed by atoms with Crippen LogP contribution < -0.4 is 10.1 Å². The first kappa shape index (κ1) is 21.2. The lowest BCUT2D eigenvalue weighted by molar-refractivity contribution is -0.274. The second kappa shape index (κ2) is 9.29. The lowest BCUT2D eigenvalue weighted by Crippen LogP contribution is -2.26. The largest absolute Gasteiger partial charge is 0.573 e. The molecule has 0 atom stereocenters. The Morgan fingerprint density at radius 2 is 1.80 bits per heavy atom. The van der Waals surface area contributed by atoms with Crippen LogP contribution in [-0.2, 0) is 11.2 Å². The van der Waals surface area contributed by atoms with Crippen LogP contribution in [0.3, 0.4) is 0 Å². The Balaban J connectivity index is 1.61. The average Bonchev–Trinajstić information content (AvgIpc) is 3.18. The molecule has 0 radical (unpaired) electrons. The SMILES string of the molecule is CCOC(=O)NCCc1ccc(-c2ncn(-c3ccc(OC(F)(F)F)cc3)n2)cc1. The van der Waals surface area contributed by atoms with Gasteiger partial charge in [-0.2, -0.15) is 0 Å². The van der Waals surface area contributed by atoms with Gasteiger partial charge in [0.25, 0.3) is 0 Å². The van der Waals surface area contributed by atoms with Gasteiger partial charge in [0.05, 0.1) is 12.3 Å². The second-order valence-corrected chi connectivity index (χ2v) is 6.15. The number of carbonyl (C=O) groups excluding carboxylic acids is 1. The smallest absolute Gasteiger partial charge is 0.450 e. The van der Waals surface area contributed by atoms with Gasteiger partial charge in [0, 0.05) is 12.1 Å². The van der Waals surface area contributed by atoms with Crippen LogP contribution in [-0.4, -0.2) is 40.4 Å². The van der Waals surface area contributed by atoms with Crippen molar-refractivity contribution in [1.82, 2.24) is 20.1 Å². The first-order valence-electron chi connectivity index (χ1n) is 9.12. The predicted molar refractivity (Wildman–Crippen MR) is 102 cm³/mol. The first-order chi connectivity index (χ1) is 14.3. The molecule has 1 N–H and O–H groups in total. The molecule has 0 spiro atoms. The van der Waals surface area contributed by atoms with Crippen LogP contribution in [0.5, 0.6) is 5.75 Å². The summed E-state index contributed by atoms with van der Waals surface area (Å²) < 4.78 is 46.9. The van der Waals surface area contributed by atoms with Gasteiger partial charge in [-0.1, -0.05) is 24.3 Å². The minimum absolute atomic E-state index is 0.306. The lowest BCUT2D eigenvalue weighted by atomic mass is 10.1. The predicted octanol–water partition coefficient (Wildman–Crippen LogP) is 4.12. The minimum atomic E-state index is -4.73. The molecule has 10 heteroatoms. The number of nitrogens with zero attached hydrogens (tertiary/aromatic N) is 3. The van der Waals surface area contributed by atoms with E-state index in [9.17, 15) is 18.0 Å². The van der Waals surface area contributed by atoms with Gasteiger partial charge in [-0.15, -0.1) is 18.3 Å². The number of carbonyl (C=O) groups is 1. The van der Waals surface area contributed by atoms with E-state index in [1.165, 1.54) is 35.3 Å². The molecule has 1 aromatic heterocycles. The maximum atomic E-state index is 12.2. The van der Waals surface area contributed by atoms with Crippen LogP contribution >= 0.6 is 0 Å². The van der Waals surface area contributed by atoms with E-state index in [2.05, 4.69) is 20.1 Å². The van der Waals surface area contributed by atoms with Crippen LogP contribution in [0, 0.1) is 0 Å². The van der Waals surface area contributed by atoms with Crippen LogP contribution in [0.2, 0.25) is 0 Å². The number of nitrogens with one attached hydrogen (secondary N) is 1. The van der Waals surface area contributed by atoms with Gasteiger partial charge in [-0.05, 0) is 43.2 Å². The van der Waals surface area contributed by atoms with Gasteiger partial charge in [-0.3, -0.25) is 0 Å². The number of halogens is 3. The minimum Gasteiger partial charge on any atom is -0.450 e. The average molecular weight is 420 g/mol. The van der Waals surface area contributed by atoms with Crippen molar-refractivity contribution in [3.8, 4) is 22.8 Å². The van der Waals surface area contributed by atoms with Crippen molar-refractivity contribution >= 4 is 6.09 Å². The van der Waals surface area contributed by atoms with Gasteiger partial charge in [0.1, 0.15) is 12.1 Å². The third-order valence-electron chi connectivity index (χ3n) is 4.00. The molecule has 0 bridgehead atoms. The fourth-order valence-electron chi connectivity index (χ4n) is 2.63. The molecule has 30 heavy (non-hydrogen) atoms. The summed E-state index contributed by atoms with van der Waals surface area (Å²) in [6, 6.07) is 12.9. The van der Waals surface area contributed by atoms with Crippen LogP contribution in [0.1, 0.15) is 12.5 Å². The molecule has 3 rings (SSSR count). The van der Waals surface area contributed by atoms with Crippen molar-refractivity contribution < 1.29 is 27.4 Å². The van der Waals surface area contributed by atoms with Crippen LogP contribution in [0.25, 0.3) is 17.1 Å². The van der Waals surface area contributed by atoms with E-state index in [1.807, 2.05) is 24.3 Å². The summed E-state index contributed by atoms with van der Waals surface area (Å²) in [7, 11) is 0. The fourth-order valence-corrected chi connectivity index (χ4v) is 2.63. The second-order valence-electron chi connectivity index (χ2n) is 6.15. The molecule has 0 aliphatic carbocycles. The van der Waals surface area contributed by atoms with E-state index in [1.54, 1.807) is 6.92 Å². The number of alkyl carbamates (subject to hydrolysis) is 1. The van der Waals surface area contributed by atoms with Gasteiger partial charge in [-0.25, -0.2) is 14.5 Å². The summed E-state index contributed by atoms with van der Waals surface area (Å²) in [6.45, 7) is 2.52. The van der Waals surface area contributed by atoms with E-state index in [0.717, 1.165) is 11.1 Å². The topological polar surface area (TPSA) is 78.3 Å². The molecule has 1 amide bonds. The van der Waals surface area contributed by atoms with E-state index < -0.39 is 12.5 Å². The number of hydrogen-bond donors (Lipinski definition) is 1. The molecule has 0 saturated heterocycles. The Kier molecular flexibility index (Phi) is 6.55. The standard InChI is InChI=1S/C20H19F3N4O3/c1-2-29-19(28)24-12-11-14-3-5-15(6-4-14)18-25-13-27(26-18)16-7-9-17(10-8-16)30-20(21,22)23/h3-10,13H,2,11-12H2,1H3,(H,24,28). The number of hydrogen-bond acceptors (Lipinski definition) is 5. The zero-order valence-corrected chi connectivity index (χ0v) is 16.0. The van der Waals surface area contributed by atoms with Crippen molar-refractivity contribution in [3.05, 3.63) is 60.4 Å². The van der Waals surface area contributed by atoms with Crippen molar-refractivity contribution in [2.45, 2.75) is 19.7 Å². The molecule has 0 saturated carbocycles. The first-order valence-corrected chi connectivity index (χ1v) is 9.12. The Labute approximate surface area is 170 Å².